The van der Waals surface area contributed by atoms with Gasteiger partial charge in [0.25, 0.3) is 5.91 Å². The van der Waals surface area contributed by atoms with E-state index < -0.39 is 19.7 Å². The quantitative estimate of drug-likeness (QED) is 0.538. The van der Waals surface area contributed by atoms with Crippen LogP contribution in [0.15, 0.2) is 52.3 Å². The number of piperazine rings is 1. The topological polar surface area (TPSA) is 105 Å². The van der Waals surface area contributed by atoms with Crippen molar-refractivity contribution in [1.29, 1.82) is 0 Å². The highest BCUT2D eigenvalue weighted by molar-refractivity contribution is 7.91. The molecule has 170 valence electrons. The van der Waals surface area contributed by atoms with Gasteiger partial charge in [0.2, 0.25) is 0 Å². The van der Waals surface area contributed by atoms with Gasteiger partial charge in [-0.1, -0.05) is 36.5 Å². The normalized spacial score (nSPS) is 15.3. The first-order valence-corrected chi connectivity index (χ1v) is 14.4. The van der Waals surface area contributed by atoms with Crippen LogP contribution >= 0.6 is 11.3 Å². The second-order valence-electron chi connectivity index (χ2n) is 7.55. The van der Waals surface area contributed by atoms with Crippen molar-refractivity contribution < 1.29 is 21.6 Å². The van der Waals surface area contributed by atoms with Crippen molar-refractivity contribution in [2.45, 2.75) is 16.7 Å². The molecule has 1 amide bonds. The van der Waals surface area contributed by atoms with Crippen LogP contribution in [-0.4, -0.2) is 70.8 Å². The van der Waals surface area contributed by atoms with Crippen LogP contribution in [0.3, 0.4) is 0 Å². The number of anilines is 1. The van der Waals surface area contributed by atoms with Crippen LogP contribution in [0.1, 0.15) is 17.3 Å². The first-order chi connectivity index (χ1) is 15.1. The molecular formula is C21H23N3O5S3. The number of carbonyl (C=O) groups is 1. The standard InChI is InChI=1S/C21H23N3O5S3/c1-3-32(28,29)17-9-5-4-7-15(17)20(25)23-11-13-24(14-12-23)21-22-19-16(30-21)8-6-10-18(19)31(2,26)27/h4-10H,3,11-14H2,1-2H3. The Labute approximate surface area is 191 Å². The first-order valence-electron chi connectivity index (χ1n) is 10.1. The number of aromatic nitrogens is 1. The largest absolute Gasteiger partial charge is 0.345 e. The molecule has 1 aliphatic heterocycles. The third kappa shape index (κ3) is 4.24. The van der Waals surface area contributed by atoms with Crippen molar-refractivity contribution in [1.82, 2.24) is 9.88 Å². The van der Waals surface area contributed by atoms with Gasteiger partial charge >= 0.3 is 0 Å². The fourth-order valence-electron chi connectivity index (χ4n) is 3.69. The number of nitrogens with zero attached hydrogens (tertiary/aromatic N) is 3. The van der Waals surface area contributed by atoms with Crippen LogP contribution in [0.25, 0.3) is 10.2 Å². The molecule has 2 heterocycles. The highest BCUT2D eigenvalue weighted by Gasteiger charge is 2.28. The summed E-state index contributed by atoms with van der Waals surface area (Å²) in [5.74, 6) is -0.376. The number of benzene rings is 2. The molecule has 0 spiro atoms. The van der Waals surface area contributed by atoms with E-state index in [2.05, 4.69) is 4.98 Å². The molecule has 0 unspecified atom stereocenters. The van der Waals surface area contributed by atoms with E-state index in [1.807, 2.05) is 11.0 Å². The van der Waals surface area contributed by atoms with Crippen molar-refractivity contribution in [3.8, 4) is 0 Å². The summed E-state index contributed by atoms with van der Waals surface area (Å²) in [5, 5.41) is 0.706. The van der Waals surface area contributed by atoms with Crippen molar-refractivity contribution >= 4 is 52.3 Å². The molecule has 11 heteroatoms. The number of hydrogen-bond donors (Lipinski definition) is 0. The average molecular weight is 494 g/mol. The minimum atomic E-state index is -3.51. The second kappa shape index (κ2) is 8.45. The molecule has 8 nitrogen and oxygen atoms in total. The lowest BCUT2D eigenvalue weighted by Crippen LogP contribution is -2.49. The van der Waals surface area contributed by atoms with Crippen molar-refractivity contribution in [3.05, 3.63) is 48.0 Å². The molecule has 0 saturated carbocycles. The van der Waals surface area contributed by atoms with Gasteiger partial charge in [0.05, 0.1) is 25.8 Å². The van der Waals surface area contributed by atoms with Crippen molar-refractivity contribution in [3.63, 3.8) is 0 Å². The van der Waals surface area contributed by atoms with Gasteiger partial charge in [-0.15, -0.1) is 0 Å². The van der Waals surface area contributed by atoms with Gasteiger partial charge in [-0.25, -0.2) is 21.8 Å². The molecular weight excluding hydrogens is 470 g/mol. The fraction of sp³-hybridized carbons (Fsp3) is 0.333. The Bertz CT molecular complexity index is 1390. The lowest BCUT2D eigenvalue weighted by molar-refractivity contribution is 0.0743. The highest BCUT2D eigenvalue weighted by Crippen LogP contribution is 2.33. The van der Waals surface area contributed by atoms with Gasteiger partial charge < -0.3 is 9.80 Å². The van der Waals surface area contributed by atoms with Crippen LogP contribution in [0, 0.1) is 0 Å². The third-order valence-electron chi connectivity index (χ3n) is 5.44. The number of carbonyl (C=O) groups excluding carboxylic acids is 1. The fourth-order valence-corrected chi connectivity index (χ4v) is 6.72. The maximum absolute atomic E-state index is 13.1. The molecule has 2 aromatic carbocycles. The molecule has 1 aromatic heterocycles. The minimum absolute atomic E-state index is 0.0643. The molecule has 3 aromatic rings. The van der Waals surface area contributed by atoms with Crippen LogP contribution in [0.4, 0.5) is 5.13 Å². The highest BCUT2D eigenvalue weighted by atomic mass is 32.2. The van der Waals surface area contributed by atoms with Crippen molar-refractivity contribution in [2.75, 3.05) is 43.1 Å². The number of sulfone groups is 2. The van der Waals surface area contributed by atoms with Gasteiger partial charge in [-0.05, 0) is 24.3 Å². The number of thiazole rings is 1. The number of rotatable bonds is 5. The van der Waals surface area contributed by atoms with Gasteiger partial charge in [-0.3, -0.25) is 4.79 Å². The zero-order valence-corrected chi connectivity index (χ0v) is 20.1. The molecule has 1 aliphatic rings. The SMILES string of the molecule is CCS(=O)(=O)c1ccccc1C(=O)N1CCN(c2nc3c(S(C)(=O)=O)cccc3s2)CC1. The summed E-state index contributed by atoms with van der Waals surface area (Å²) >= 11 is 1.42. The molecule has 32 heavy (non-hydrogen) atoms. The molecule has 1 saturated heterocycles. The van der Waals surface area contributed by atoms with Crippen LogP contribution in [0.5, 0.6) is 0 Å². The Hall–Kier alpha value is -2.50. The minimum Gasteiger partial charge on any atom is -0.345 e. The maximum Gasteiger partial charge on any atom is 0.255 e. The summed E-state index contributed by atoms with van der Waals surface area (Å²) in [5.41, 5.74) is 0.660. The number of hydrogen-bond acceptors (Lipinski definition) is 8. The Balaban J connectivity index is 1.54. The Morgan fingerprint density at radius 1 is 0.969 bits per heavy atom. The van der Waals surface area contributed by atoms with Gasteiger partial charge in [-0.2, -0.15) is 0 Å². The second-order valence-corrected chi connectivity index (χ2v) is 12.8. The maximum atomic E-state index is 13.1. The van der Waals surface area contributed by atoms with E-state index in [0.717, 1.165) is 4.70 Å². The number of fused-ring (bicyclic) bond motifs is 1. The summed E-state index contributed by atoms with van der Waals surface area (Å²) in [6.07, 6.45) is 1.17. The van der Waals surface area contributed by atoms with Gasteiger partial charge in [0.1, 0.15) is 5.52 Å². The number of amides is 1. The van der Waals surface area contributed by atoms with Crippen molar-refractivity contribution in [2.24, 2.45) is 0 Å². The zero-order valence-electron chi connectivity index (χ0n) is 17.7. The van der Waals surface area contributed by atoms with E-state index in [-0.39, 0.29) is 27.0 Å². The predicted molar refractivity (Wildman–Crippen MR) is 125 cm³/mol. The summed E-state index contributed by atoms with van der Waals surface area (Å²) in [6, 6.07) is 11.4. The Kier molecular flexibility index (Phi) is 5.99. The van der Waals surface area contributed by atoms with E-state index >= 15 is 0 Å². The molecule has 0 radical (unpaired) electrons. The van der Waals surface area contributed by atoms with Crippen LogP contribution in [-0.2, 0) is 19.7 Å². The monoisotopic (exact) mass is 493 g/mol. The molecule has 1 fully saturated rings. The van der Waals surface area contributed by atoms with E-state index in [4.69, 9.17) is 0 Å². The zero-order chi connectivity index (χ0) is 23.1. The lowest BCUT2D eigenvalue weighted by Gasteiger charge is -2.34. The van der Waals surface area contributed by atoms with Crippen LogP contribution < -0.4 is 4.90 Å². The molecule has 0 atom stereocenters. The molecule has 0 N–H and O–H groups in total. The van der Waals surface area contributed by atoms with Crippen LogP contribution in [0.2, 0.25) is 0 Å². The molecule has 0 bridgehead atoms. The molecule has 0 aliphatic carbocycles. The first kappa shape index (κ1) is 22.7. The van der Waals surface area contributed by atoms with E-state index in [1.165, 1.54) is 23.7 Å². The third-order valence-corrected chi connectivity index (χ3v) is 9.44. The van der Waals surface area contributed by atoms with E-state index in [1.54, 1.807) is 42.2 Å². The average Bonchev–Trinajstić information content (AvgIpc) is 3.22. The Morgan fingerprint density at radius 2 is 1.62 bits per heavy atom. The molecule has 4 rings (SSSR count). The summed E-state index contributed by atoms with van der Waals surface area (Å²) < 4.78 is 49.7. The van der Waals surface area contributed by atoms with E-state index in [9.17, 15) is 21.6 Å². The van der Waals surface area contributed by atoms with Gasteiger partial charge in [0.15, 0.2) is 24.8 Å². The predicted octanol–water partition coefficient (Wildman–Crippen LogP) is 2.46. The summed E-state index contributed by atoms with van der Waals surface area (Å²) in [6.45, 7) is 3.41. The van der Waals surface area contributed by atoms with Gasteiger partial charge in [0, 0.05) is 32.4 Å². The smallest absolute Gasteiger partial charge is 0.255 e. The number of para-hydroxylation sites is 1. The lowest BCUT2D eigenvalue weighted by atomic mass is 10.2. The summed E-state index contributed by atoms with van der Waals surface area (Å²) in [4.78, 5) is 21.6. The van der Waals surface area contributed by atoms with E-state index in [0.29, 0.717) is 36.8 Å². The Morgan fingerprint density at radius 3 is 2.28 bits per heavy atom. The summed E-state index contributed by atoms with van der Waals surface area (Å²) in [7, 11) is -6.90.